The highest BCUT2D eigenvalue weighted by Crippen LogP contribution is 2.53. The van der Waals surface area contributed by atoms with E-state index in [-0.39, 0.29) is 11.2 Å². The van der Waals surface area contributed by atoms with Crippen LogP contribution in [-0.4, -0.2) is 13.9 Å². The fourth-order valence-electron chi connectivity index (χ4n) is 3.80. The van der Waals surface area contributed by atoms with Crippen molar-refractivity contribution in [2.45, 2.75) is 63.8 Å². The summed E-state index contributed by atoms with van der Waals surface area (Å²) in [5.41, 5.74) is -3.78. The van der Waals surface area contributed by atoms with Crippen LogP contribution in [-0.2, 0) is 14.3 Å². The summed E-state index contributed by atoms with van der Waals surface area (Å²) in [7, 11) is -5.68. The number of alkyl halides is 3. The summed E-state index contributed by atoms with van der Waals surface area (Å²) in [6, 6.07) is 0. The van der Waals surface area contributed by atoms with Gasteiger partial charge >= 0.3 is 15.6 Å². The molecule has 0 heterocycles. The van der Waals surface area contributed by atoms with Crippen molar-refractivity contribution < 1.29 is 25.8 Å². The molecule has 0 radical (unpaired) electrons. The molecule has 0 N–H and O–H groups in total. The van der Waals surface area contributed by atoms with Gasteiger partial charge in [-0.25, -0.2) is 0 Å². The number of hydrogen-bond acceptors (Lipinski definition) is 3. The molecule has 0 aromatic heterocycles. The third-order valence-corrected chi connectivity index (χ3v) is 6.26. The van der Waals surface area contributed by atoms with Gasteiger partial charge in [0.05, 0.1) is 0 Å². The minimum Gasteiger partial charge on any atom is -0.376 e. The van der Waals surface area contributed by atoms with Crippen LogP contribution in [0.25, 0.3) is 0 Å². The summed E-state index contributed by atoms with van der Waals surface area (Å²) in [6.45, 7) is 5.49. The van der Waals surface area contributed by atoms with E-state index in [1.54, 1.807) is 12.2 Å². The summed E-state index contributed by atoms with van der Waals surface area (Å²) >= 11 is 0. The fourth-order valence-corrected chi connectivity index (χ4v) is 4.30. The average molecular weight is 390 g/mol. The molecule has 2 aliphatic carbocycles. The SMILES string of the molecule is C=C/C(=C\C)C/C=C\C(OS(=O)(=O)C(F)(F)F)=C1/CCC2(CCCC2)C1. The molecule has 0 bridgehead atoms. The van der Waals surface area contributed by atoms with Crippen molar-refractivity contribution in [2.24, 2.45) is 5.41 Å². The average Bonchev–Trinajstić information content (AvgIpc) is 3.20. The van der Waals surface area contributed by atoms with E-state index in [1.165, 1.54) is 6.08 Å². The molecule has 3 nitrogen and oxygen atoms in total. The lowest BCUT2D eigenvalue weighted by Gasteiger charge is -2.21. The van der Waals surface area contributed by atoms with Gasteiger partial charge in [0.15, 0.2) is 0 Å². The second-order valence-corrected chi connectivity index (χ2v) is 8.55. The van der Waals surface area contributed by atoms with Crippen molar-refractivity contribution >= 4 is 10.1 Å². The molecular formula is C19H25F3O3S. The Morgan fingerprint density at radius 3 is 2.46 bits per heavy atom. The highest BCUT2D eigenvalue weighted by molar-refractivity contribution is 7.87. The van der Waals surface area contributed by atoms with Crippen LogP contribution >= 0.6 is 0 Å². The molecule has 146 valence electrons. The van der Waals surface area contributed by atoms with Crippen LogP contribution in [0.2, 0.25) is 0 Å². The van der Waals surface area contributed by atoms with E-state index in [1.807, 2.05) is 13.0 Å². The lowest BCUT2D eigenvalue weighted by Crippen LogP contribution is -2.25. The molecule has 0 saturated heterocycles. The summed E-state index contributed by atoms with van der Waals surface area (Å²) in [4.78, 5) is 0. The first-order valence-electron chi connectivity index (χ1n) is 8.79. The van der Waals surface area contributed by atoms with Gasteiger partial charge in [-0.15, -0.1) is 0 Å². The minimum atomic E-state index is -5.68. The van der Waals surface area contributed by atoms with Crippen molar-refractivity contribution in [1.29, 1.82) is 0 Å². The summed E-state index contributed by atoms with van der Waals surface area (Å²) in [5, 5.41) is 0. The summed E-state index contributed by atoms with van der Waals surface area (Å²) in [5.74, 6) is -0.175. The molecule has 0 atom stereocenters. The number of halogens is 3. The highest BCUT2D eigenvalue weighted by Gasteiger charge is 2.49. The molecule has 0 aromatic carbocycles. The molecular weight excluding hydrogens is 365 g/mol. The molecule has 0 aliphatic heterocycles. The molecule has 0 amide bonds. The summed E-state index contributed by atoms with van der Waals surface area (Å²) in [6.07, 6.45) is 13.3. The Kier molecular flexibility index (Phi) is 6.42. The normalized spacial score (nSPS) is 23.0. The third kappa shape index (κ3) is 4.81. The minimum absolute atomic E-state index is 0.107. The van der Waals surface area contributed by atoms with E-state index >= 15 is 0 Å². The predicted octanol–water partition coefficient (Wildman–Crippen LogP) is 5.93. The lowest BCUT2D eigenvalue weighted by molar-refractivity contribution is -0.0520. The second kappa shape index (κ2) is 8.03. The predicted molar refractivity (Wildman–Crippen MR) is 95.5 cm³/mol. The number of rotatable bonds is 6. The molecule has 0 aromatic rings. The van der Waals surface area contributed by atoms with Crippen molar-refractivity contribution in [3.05, 3.63) is 47.8 Å². The van der Waals surface area contributed by atoms with E-state index in [0.29, 0.717) is 24.8 Å². The first-order valence-corrected chi connectivity index (χ1v) is 10.2. The van der Waals surface area contributed by atoms with Gasteiger partial charge < -0.3 is 4.18 Å². The van der Waals surface area contributed by atoms with Crippen LogP contribution in [0.5, 0.6) is 0 Å². The topological polar surface area (TPSA) is 43.4 Å². The maximum Gasteiger partial charge on any atom is 0.534 e. The first kappa shape index (κ1) is 20.8. The Hall–Kier alpha value is -1.50. The Morgan fingerprint density at radius 1 is 1.27 bits per heavy atom. The van der Waals surface area contributed by atoms with Gasteiger partial charge in [-0.2, -0.15) is 21.6 Å². The molecule has 1 spiro atoms. The zero-order chi connectivity index (χ0) is 19.4. The zero-order valence-electron chi connectivity index (χ0n) is 14.9. The van der Waals surface area contributed by atoms with Gasteiger partial charge in [-0.05, 0) is 68.1 Å². The Bertz CT molecular complexity index is 722. The van der Waals surface area contributed by atoms with Crippen molar-refractivity contribution in [3.63, 3.8) is 0 Å². The Balaban J connectivity index is 2.29. The van der Waals surface area contributed by atoms with Crippen LogP contribution in [0, 0.1) is 5.41 Å². The van der Waals surface area contributed by atoms with Crippen LogP contribution < -0.4 is 0 Å². The fraction of sp³-hybridized carbons (Fsp3) is 0.579. The van der Waals surface area contributed by atoms with Crippen LogP contribution in [0.4, 0.5) is 13.2 Å². The lowest BCUT2D eigenvalue weighted by atomic mass is 9.84. The van der Waals surface area contributed by atoms with Gasteiger partial charge in [-0.3, -0.25) is 0 Å². The Morgan fingerprint density at radius 2 is 1.92 bits per heavy atom. The van der Waals surface area contributed by atoms with Crippen LogP contribution in [0.1, 0.15) is 58.3 Å². The molecule has 26 heavy (non-hydrogen) atoms. The molecule has 2 saturated carbocycles. The van der Waals surface area contributed by atoms with E-state index in [0.717, 1.165) is 37.7 Å². The maximum absolute atomic E-state index is 12.8. The van der Waals surface area contributed by atoms with Gasteiger partial charge in [0.1, 0.15) is 5.76 Å². The quantitative estimate of drug-likeness (QED) is 0.244. The molecule has 2 fully saturated rings. The van der Waals surface area contributed by atoms with Crippen LogP contribution in [0.3, 0.4) is 0 Å². The standard InChI is InChI=1S/C19H25F3O3S/c1-3-15(4-2)8-7-9-17(25-26(23,24)19(20,21)22)16-10-13-18(14-16)11-5-6-12-18/h3-4,7,9H,1,5-6,8,10-14H2,2H3/b9-7-,15-4+,17-16-. The first-order chi connectivity index (χ1) is 12.1. The van der Waals surface area contributed by atoms with E-state index in [2.05, 4.69) is 10.8 Å². The van der Waals surface area contributed by atoms with E-state index in [4.69, 9.17) is 0 Å². The monoisotopic (exact) mass is 390 g/mol. The Labute approximate surface area is 153 Å². The third-order valence-electron chi connectivity index (χ3n) is 5.30. The van der Waals surface area contributed by atoms with Crippen molar-refractivity contribution in [3.8, 4) is 0 Å². The molecule has 2 aliphatic rings. The summed E-state index contributed by atoms with van der Waals surface area (Å²) < 4.78 is 65.8. The van der Waals surface area contributed by atoms with Gasteiger partial charge in [0.25, 0.3) is 0 Å². The van der Waals surface area contributed by atoms with Crippen molar-refractivity contribution in [1.82, 2.24) is 0 Å². The van der Waals surface area contributed by atoms with E-state index in [9.17, 15) is 21.6 Å². The van der Waals surface area contributed by atoms with Gasteiger partial charge in [0.2, 0.25) is 0 Å². The van der Waals surface area contributed by atoms with Crippen LogP contribution in [0.15, 0.2) is 47.8 Å². The molecule has 0 unspecified atom stereocenters. The molecule has 7 heteroatoms. The second-order valence-electron chi connectivity index (χ2n) is 7.01. The van der Waals surface area contributed by atoms with E-state index < -0.39 is 15.6 Å². The van der Waals surface area contributed by atoms with Crippen molar-refractivity contribution in [2.75, 3.05) is 0 Å². The highest BCUT2D eigenvalue weighted by atomic mass is 32.2. The van der Waals surface area contributed by atoms with Gasteiger partial charge in [-0.1, -0.05) is 37.6 Å². The molecule has 2 rings (SSSR count). The van der Waals surface area contributed by atoms with Gasteiger partial charge in [0, 0.05) is 0 Å². The largest absolute Gasteiger partial charge is 0.534 e. The number of allylic oxidation sites excluding steroid dienone is 6. The number of hydrogen-bond donors (Lipinski definition) is 0. The maximum atomic E-state index is 12.8. The smallest absolute Gasteiger partial charge is 0.376 e. The zero-order valence-corrected chi connectivity index (χ0v) is 15.8.